The molecular weight excluding hydrogens is 493 g/mol. The van der Waals surface area contributed by atoms with Crippen molar-refractivity contribution in [2.45, 2.75) is 44.4 Å². The number of rotatable bonds is 7. The predicted octanol–water partition coefficient (Wildman–Crippen LogP) is 2.30. The Morgan fingerprint density at radius 2 is 1.90 bits per heavy atom. The molecule has 3 aliphatic heterocycles. The number of hydrogen-bond donors (Lipinski definition) is 2. The Balaban J connectivity index is 0.00000256. The Morgan fingerprint density at radius 1 is 1.13 bits per heavy atom. The number of benzene rings is 1. The van der Waals surface area contributed by atoms with Crippen molar-refractivity contribution in [2.75, 3.05) is 53.4 Å². The van der Waals surface area contributed by atoms with Crippen LogP contribution in [0.4, 0.5) is 0 Å². The lowest BCUT2D eigenvalue weighted by Gasteiger charge is -2.47. The van der Waals surface area contributed by atoms with Crippen LogP contribution in [0.1, 0.15) is 31.2 Å². The van der Waals surface area contributed by atoms with Gasteiger partial charge in [0.1, 0.15) is 11.5 Å². The van der Waals surface area contributed by atoms with E-state index in [-0.39, 0.29) is 24.0 Å². The van der Waals surface area contributed by atoms with Crippen molar-refractivity contribution < 1.29 is 9.47 Å². The summed E-state index contributed by atoms with van der Waals surface area (Å²) >= 11 is 0. The van der Waals surface area contributed by atoms with Gasteiger partial charge in [0.05, 0.1) is 13.2 Å². The molecule has 2 bridgehead atoms. The first-order valence-corrected chi connectivity index (χ1v) is 11.0. The lowest BCUT2D eigenvalue weighted by atomic mass is 10.1. The van der Waals surface area contributed by atoms with Crippen LogP contribution in [-0.4, -0.2) is 81.3 Å². The van der Waals surface area contributed by atoms with E-state index in [2.05, 4.69) is 31.5 Å². The molecule has 1 saturated carbocycles. The maximum Gasteiger partial charge on any atom is 0.191 e. The van der Waals surface area contributed by atoms with E-state index < -0.39 is 0 Å². The van der Waals surface area contributed by atoms with Gasteiger partial charge in [0.2, 0.25) is 0 Å². The van der Waals surface area contributed by atoms with Crippen LogP contribution in [0.2, 0.25) is 0 Å². The van der Waals surface area contributed by atoms with Crippen molar-refractivity contribution in [3.63, 3.8) is 0 Å². The topological polar surface area (TPSA) is 61.4 Å². The van der Waals surface area contributed by atoms with E-state index in [4.69, 9.17) is 9.47 Å². The highest BCUT2D eigenvalue weighted by molar-refractivity contribution is 14.0. The number of piperazine rings is 3. The van der Waals surface area contributed by atoms with Crippen LogP contribution >= 0.6 is 24.0 Å². The molecular formula is C22H36IN5O2. The normalized spacial score (nSPS) is 26.2. The molecule has 1 aromatic carbocycles. The Kier molecular flexibility index (Phi) is 8.88. The van der Waals surface area contributed by atoms with Crippen molar-refractivity contribution >= 4 is 29.9 Å². The van der Waals surface area contributed by atoms with E-state index in [0.29, 0.717) is 18.7 Å². The standard InChI is InChI=1S/C22H35N5O2.HI/c1-23-22(25-15-18-16-26-9-11-27(18)12-10-26)24-14-17-7-8-20(28-2)13-21(17)29-19-5-3-4-6-19;/h7-8,13,18-19H,3-6,9-12,14-16H2,1-2H3,(H2,23,24,25);1H. The summed E-state index contributed by atoms with van der Waals surface area (Å²) in [5, 5.41) is 6.97. The number of nitrogens with zero attached hydrogens (tertiary/aromatic N) is 3. The molecule has 0 amide bonds. The van der Waals surface area contributed by atoms with Gasteiger partial charge in [-0.3, -0.25) is 14.8 Å². The molecule has 168 valence electrons. The highest BCUT2D eigenvalue weighted by Gasteiger charge is 2.31. The lowest BCUT2D eigenvalue weighted by molar-refractivity contribution is 0.0154. The number of methoxy groups -OCH3 is 1. The average molecular weight is 529 g/mol. The predicted molar refractivity (Wildman–Crippen MR) is 131 cm³/mol. The Labute approximate surface area is 197 Å². The minimum atomic E-state index is 0. The first-order valence-electron chi connectivity index (χ1n) is 11.0. The van der Waals surface area contributed by atoms with Gasteiger partial charge in [0, 0.05) is 70.5 Å². The molecule has 0 spiro atoms. The number of hydrogen-bond acceptors (Lipinski definition) is 5. The molecule has 30 heavy (non-hydrogen) atoms. The maximum atomic E-state index is 6.31. The summed E-state index contributed by atoms with van der Waals surface area (Å²) in [7, 11) is 3.53. The van der Waals surface area contributed by atoms with Crippen LogP contribution in [0.5, 0.6) is 11.5 Å². The van der Waals surface area contributed by atoms with E-state index >= 15 is 0 Å². The second-order valence-electron chi connectivity index (χ2n) is 8.30. The minimum Gasteiger partial charge on any atom is -0.497 e. The molecule has 4 fully saturated rings. The zero-order chi connectivity index (χ0) is 20.1. The molecule has 0 aromatic heterocycles. The van der Waals surface area contributed by atoms with E-state index in [1.807, 2.05) is 19.2 Å². The quantitative estimate of drug-likeness (QED) is 0.321. The van der Waals surface area contributed by atoms with Gasteiger partial charge in [-0.15, -0.1) is 24.0 Å². The molecule has 0 radical (unpaired) electrons. The third-order valence-electron chi connectivity index (χ3n) is 6.44. The Bertz CT molecular complexity index is 703. The van der Waals surface area contributed by atoms with Gasteiger partial charge in [-0.1, -0.05) is 0 Å². The number of aliphatic imine (C=N–C) groups is 1. The van der Waals surface area contributed by atoms with Crippen LogP contribution in [0, 0.1) is 0 Å². The van der Waals surface area contributed by atoms with Gasteiger partial charge in [0.25, 0.3) is 0 Å². The lowest BCUT2D eigenvalue weighted by Crippen LogP contribution is -2.63. The number of fused-ring (bicyclic) bond motifs is 3. The largest absolute Gasteiger partial charge is 0.497 e. The van der Waals surface area contributed by atoms with Crippen LogP contribution in [0.25, 0.3) is 0 Å². The average Bonchev–Trinajstić information content (AvgIpc) is 3.28. The van der Waals surface area contributed by atoms with Crippen molar-refractivity contribution in [3.8, 4) is 11.5 Å². The van der Waals surface area contributed by atoms with Crippen molar-refractivity contribution in [1.82, 2.24) is 20.4 Å². The van der Waals surface area contributed by atoms with E-state index in [9.17, 15) is 0 Å². The summed E-state index contributed by atoms with van der Waals surface area (Å²) in [6.07, 6.45) is 5.12. The van der Waals surface area contributed by atoms with Crippen LogP contribution in [0.3, 0.4) is 0 Å². The maximum absolute atomic E-state index is 6.31. The molecule has 7 nitrogen and oxygen atoms in total. The number of halogens is 1. The highest BCUT2D eigenvalue weighted by Crippen LogP contribution is 2.30. The van der Waals surface area contributed by atoms with E-state index in [0.717, 1.165) is 49.0 Å². The van der Waals surface area contributed by atoms with Crippen LogP contribution < -0.4 is 20.1 Å². The number of guanidine groups is 1. The minimum absolute atomic E-state index is 0. The molecule has 5 rings (SSSR count). The molecule has 1 aromatic rings. The van der Waals surface area contributed by atoms with Crippen molar-refractivity contribution in [3.05, 3.63) is 23.8 Å². The van der Waals surface area contributed by atoms with Gasteiger partial charge < -0.3 is 20.1 Å². The summed E-state index contributed by atoms with van der Waals surface area (Å²) < 4.78 is 11.7. The fourth-order valence-electron chi connectivity index (χ4n) is 4.64. The van der Waals surface area contributed by atoms with Gasteiger partial charge >= 0.3 is 0 Å². The molecule has 3 saturated heterocycles. The molecule has 4 aliphatic rings. The third-order valence-corrected chi connectivity index (χ3v) is 6.44. The second-order valence-corrected chi connectivity index (χ2v) is 8.30. The first-order chi connectivity index (χ1) is 14.2. The molecule has 2 N–H and O–H groups in total. The molecule has 3 heterocycles. The first kappa shape index (κ1) is 23.4. The summed E-state index contributed by atoms with van der Waals surface area (Å²) in [5.74, 6) is 2.59. The van der Waals surface area contributed by atoms with E-state index in [1.165, 1.54) is 39.0 Å². The Hall–Kier alpha value is -1.26. The second kappa shape index (κ2) is 11.4. The van der Waals surface area contributed by atoms with Crippen LogP contribution in [0.15, 0.2) is 23.2 Å². The van der Waals surface area contributed by atoms with Crippen LogP contribution in [-0.2, 0) is 6.54 Å². The number of nitrogens with one attached hydrogen (secondary N) is 2. The van der Waals surface area contributed by atoms with Gasteiger partial charge in [-0.25, -0.2) is 0 Å². The monoisotopic (exact) mass is 529 g/mol. The van der Waals surface area contributed by atoms with Gasteiger partial charge in [0.15, 0.2) is 5.96 Å². The van der Waals surface area contributed by atoms with Crippen molar-refractivity contribution in [2.24, 2.45) is 4.99 Å². The molecule has 1 unspecified atom stereocenters. The summed E-state index contributed by atoms with van der Waals surface area (Å²) in [6.45, 7) is 7.55. The fourth-order valence-corrected chi connectivity index (χ4v) is 4.64. The zero-order valence-electron chi connectivity index (χ0n) is 18.2. The SMILES string of the molecule is CN=C(NCc1ccc(OC)cc1OC1CCCC1)NCC1CN2CCN1CC2.I. The van der Waals surface area contributed by atoms with Crippen molar-refractivity contribution in [1.29, 1.82) is 0 Å². The molecule has 1 atom stereocenters. The molecule has 1 aliphatic carbocycles. The molecule has 8 heteroatoms. The third kappa shape index (κ3) is 5.91. The summed E-state index contributed by atoms with van der Waals surface area (Å²) in [4.78, 5) is 9.57. The smallest absolute Gasteiger partial charge is 0.191 e. The summed E-state index contributed by atoms with van der Waals surface area (Å²) in [5.41, 5.74) is 1.13. The Morgan fingerprint density at radius 3 is 2.53 bits per heavy atom. The van der Waals surface area contributed by atoms with E-state index in [1.54, 1.807) is 7.11 Å². The fraction of sp³-hybridized carbons (Fsp3) is 0.682. The summed E-state index contributed by atoms with van der Waals surface area (Å²) in [6, 6.07) is 6.65. The highest BCUT2D eigenvalue weighted by atomic mass is 127. The van der Waals surface area contributed by atoms with Gasteiger partial charge in [-0.05, 0) is 37.8 Å². The number of ether oxygens (including phenoxy) is 2. The zero-order valence-corrected chi connectivity index (χ0v) is 20.6. The van der Waals surface area contributed by atoms with Gasteiger partial charge in [-0.2, -0.15) is 0 Å².